The maximum absolute atomic E-state index is 3.87. The fraction of sp³-hybridized carbons (Fsp3) is 0. The van der Waals surface area contributed by atoms with E-state index in [1.807, 2.05) is 0 Å². The molecule has 3 aromatic rings. The minimum absolute atomic E-state index is 0.128. The highest BCUT2D eigenvalue weighted by Crippen LogP contribution is 2.40. The average molecular weight is 360 g/mol. The largest absolute Gasteiger partial charge is 0.420 e. The Bertz CT molecular complexity index is 859. The van der Waals surface area contributed by atoms with E-state index in [1.54, 1.807) is 0 Å². The molecule has 110 valence electrons. The first kappa shape index (κ1) is 14.3. The van der Waals surface area contributed by atoms with Crippen molar-refractivity contribution in [2.45, 2.75) is 0 Å². The first-order valence-corrected chi connectivity index (χ1v) is 8.50. The molecule has 0 aliphatic carbocycles. The highest BCUT2D eigenvalue weighted by atomic mass is 79.9. The third-order valence-corrected chi connectivity index (χ3v) is 5.06. The van der Waals surface area contributed by atoms with Gasteiger partial charge in [0.2, 0.25) is 0 Å². The van der Waals surface area contributed by atoms with Crippen LogP contribution < -0.4 is 10.7 Å². The summed E-state index contributed by atoms with van der Waals surface area (Å²) >= 11 is 3.87. The Hall–Kier alpha value is -2.26. The molecule has 1 aliphatic heterocycles. The van der Waals surface area contributed by atoms with Crippen molar-refractivity contribution in [2.75, 3.05) is 5.23 Å². The minimum atomic E-state index is 0.128. The molecule has 0 aromatic heterocycles. The minimum Gasteiger partial charge on any atom is -0.420 e. The maximum Gasteiger partial charge on any atom is 0.322 e. The van der Waals surface area contributed by atoms with Crippen molar-refractivity contribution < 1.29 is 0 Å². The number of fused-ring (bicyclic) bond motifs is 1. The molecule has 1 N–H and O–H groups in total. The molecule has 0 radical (unpaired) electrons. The normalized spacial score (nSPS) is 13.5. The van der Waals surface area contributed by atoms with E-state index in [-0.39, 0.29) is 6.85 Å². The van der Waals surface area contributed by atoms with Gasteiger partial charge in [0.05, 0.1) is 0 Å². The lowest BCUT2D eigenvalue weighted by Crippen LogP contribution is -2.42. The molecule has 0 fully saturated rings. The van der Waals surface area contributed by atoms with Gasteiger partial charge in [-0.05, 0) is 17.1 Å². The van der Waals surface area contributed by atoms with E-state index in [1.165, 1.54) is 22.1 Å². The van der Waals surface area contributed by atoms with Crippen LogP contribution in [0.5, 0.6) is 0 Å². The van der Waals surface area contributed by atoms with Crippen LogP contribution in [0.3, 0.4) is 0 Å². The summed E-state index contributed by atoms with van der Waals surface area (Å²) in [5, 5.41) is 3.70. The van der Waals surface area contributed by atoms with Gasteiger partial charge in [-0.1, -0.05) is 100 Å². The molecular formula is C20H15BBrN. The van der Waals surface area contributed by atoms with Crippen molar-refractivity contribution in [3.63, 3.8) is 0 Å². The van der Waals surface area contributed by atoms with Crippen LogP contribution in [0, 0.1) is 0 Å². The quantitative estimate of drug-likeness (QED) is 0.647. The van der Waals surface area contributed by atoms with Gasteiger partial charge < -0.3 is 5.23 Å². The molecule has 0 spiro atoms. The number of halogens is 1. The number of benzene rings is 3. The Morgan fingerprint density at radius 1 is 0.696 bits per heavy atom. The van der Waals surface area contributed by atoms with Crippen LogP contribution in [0.1, 0.15) is 11.1 Å². The molecule has 23 heavy (non-hydrogen) atoms. The van der Waals surface area contributed by atoms with Crippen LogP contribution in [0.2, 0.25) is 0 Å². The Labute approximate surface area is 145 Å². The van der Waals surface area contributed by atoms with Crippen molar-refractivity contribution in [1.29, 1.82) is 0 Å². The van der Waals surface area contributed by atoms with E-state index in [2.05, 4.69) is 106 Å². The zero-order valence-electron chi connectivity index (χ0n) is 12.5. The van der Waals surface area contributed by atoms with Crippen LogP contribution >= 0.6 is 15.9 Å². The Kier molecular flexibility index (Phi) is 3.80. The standard InChI is InChI=1S/C20H15BBrN/c22-20-17-13-7-8-14-18(17)23-21(16-11-5-2-6-12-16)19(20)15-9-3-1-4-10-15/h1-14,23H. The van der Waals surface area contributed by atoms with Crippen molar-refractivity contribution >= 4 is 43.9 Å². The van der Waals surface area contributed by atoms with Gasteiger partial charge in [0.1, 0.15) is 0 Å². The second-order valence-corrected chi connectivity index (χ2v) is 6.42. The predicted octanol–water partition coefficient (Wildman–Crippen LogP) is 4.81. The van der Waals surface area contributed by atoms with Crippen molar-refractivity contribution in [2.24, 2.45) is 0 Å². The highest BCUT2D eigenvalue weighted by Gasteiger charge is 2.31. The van der Waals surface area contributed by atoms with Crippen LogP contribution in [0.4, 0.5) is 5.69 Å². The molecule has 0 bridgehead atoms. The molecular weight excluding hydrogens is 345 g/mol. The molecule has 4 rings (SSSR count). The van der Waals surface area contributed by atoms with E-state index in [0.29, 0.717) is 0 Å². The van der Waals surface area contributed by atoms with Crippen molar-refractivity contribution in [3.8, 4) is 0 Å². The second kappa shape index (κ2) is 6.09. The number of hydrogen-bond acceptors (Lipinski definition) is 1. The summed E-state index contributed by atoms with van der Waals surface area (Å²) < 4.78 is 1.16. The summed E-state index contributed by atoms with van der Waals surface area (Å²) in [7, 11) is 0. The SMILES string of the molecule is BrC1=C(c2ccccc2)B(c2ccccc2)Nc2ccccc21. The second-order valence-electron chi connectivity index (χ2n) is 5.63. The van der Waals surface area contributed by atoms with Crippen LogP contribution in [-0.2, 0) is 0 Å². The number of para-hydroxylation sites is 1. The fourth-order valence-electron chi connectivity index (χ4n) is 3.11. The summed E-state index contributed by atoms with van der Waals surface area (Å²) in [4.78, 5) is 0. The lowest BCUT2D eigenvalue weighted by atomic mass is 9.47. The monoisotopic (exact) mass is 359 g/mol. The van der Waals surface area contributed by atoms with Gasteiger partial charge in [0.15, 0.2) is 0 Å². The van der Waals surface area contributed by atoms with Gasteiger partial charge in [-0.15, -0.1) is 0 Å². The number of hydrogen-bond donors (Lipinski definition) is 1. The van der Waals surface area contributed by atoms with E-state index in [9.17, 15) is 0 Å². The van der Waals surface area contributed by atoms with Gasteiger partial charge in [-0.25, -0.2) is 0 Å². The van der Waals surface area contributed by atoms with Crippen LogP contribution in [0.25, 0.3) is 9.95 Å². The zero-order chi connectivity index (χ0) is 15.6. The molecule has 0 unspecified atom stereocenters. The summed E-state index contributed by atoms with van der Waals surface area (Å²) in [6, 6.07) is 29.6. The van der Waals surface area contributed by atoms with E-state index < -0.39 is 0 Å². The molecule has 1 aliphatic rings. The number of nitrogens with one attached hydrogen (secondary N) is 1. The molecule has 1 heterocycles. The molecule has 0 amide bonds. The van der Waals surface area contributed by atoms with Crippen LogP contribution in [0.15, 0.2) is 84.9 Å². The lowest BCUT2D eigenvalue weighted by Gasteiger charge is -2.28. The summed E-state index contributed by atoms with van der Waals surface area (Å²) in [6.07, 6.45) is 0. The maximum atomic E-state index is 3.87. The van der Waals surface area contributed by atoms with Gasteiger partial charge in [0, 0.05) is 15.7 Å². The molecule has 0 saturated carbocycles. The Balaban J connectivity index is 1.95. The molecule has 0 atom stereocenters. The number of anilines is 1. The average Bonchev–Trinajstić information content (AvgIpc) is 2.63. The summed E-state index contributed by atoms with van der Waals surface area (Å²) in [5.41, 5.74) is 6.13. The Morgan fingerprint density at radius 3 is 2.04 bits per heavy atom. The smallest absolute Gasteiger partial charge is 0.322 e. The topological polar surface area (TPSA) is 12.0 Å². The van der Waals surface area contributed by atoms with Crippen molar-refractivity contribution in [3.05, 3.63) is 96.1 Å². The van der Waals surface area contributed by atoms with Gasteiger partial charge >= 0.3 is 6.85 Å². The zero-order valence-corrected chi connectivity index (χ0v) is 14.1. The van der Waals surface area contributed by atoms with Gasteiger partial charge in [-0.2, -0.15) is 0 Å². The highest BCUT2D eigenvalue weighted by molar-refractivity contribution is 9.15. The van der Waals surface area contributed by atoms with Crippen molar-refractivity contribution in [1.82, 2.24) is 0 Å². The molecule has 0 saturated heterocycles. The molecule has 3 aromatic carbocycles. The molecule has 3 heteroatoms. The Morgan fingerprint density at radius 2 is 1.30 bits per heavy atom. The third kappa shape index (κ3) is 2.62. The first-order chi connectivity index (χ1) is 11.3. The van der Waals surface area contributed by atoms with Crippen LogP contribution in [-0.4, -0.2) is 6.85 Å². The fourth-order valence-corrected chi connectivity index (χ4v) is 3.91. The molecule has 1 nitrogen and oxygen atoms in total. The van der Waals surface area contributed by atoms with E-state index in [0.717, 1.165) is 10.2 Å². The summed E-state index contributed by atoms with van der Waals surface area (Å²) in [6.45, 7) is 0.128. The van der Waals surface area contributed by atoms with E-state index >= 15 is 0 Å². The van der Waals surface area contributed by atoms with E-state index in [4.69, 9.17) is 0 Å². The van der Waals surface area contributed by atoms with Gasteiger partial charge in [-0.3, -0.25) is 0 Å². The van der Waals surface area contributed by atoms with Gasteiger partial charge in [0.25, 0.3) is 0 Å². The number of rotatable bonds is 2. The summed E-state index contributed by atoms with van der Waals surface area (Å²) in [5.74, 6) is 0. The third-order valence-electron chi connectivity index (χ3n) is 4.21. The first-order valence-electron chi connectivity index (χ1n) is 7.70. The lowest BCUT2D eigenvalue weighted by molar-refractivity contribution is 1.57. The predicted molar refractivity (Wildman–Crippen MR) is 104 cm³/mol.